The van der Waals surface area contributed by atoms with Crippen LogP contribution in [0, 0.1) is 0 Å². The summed E-state index contributed by atoms with van der Waals surface area (Å²) in [5.41, 5.74) is 7.20. The van der Waals surface area contributed by atoms with E-state index in [2.05, 4.69) is 48.5 Å². The summed E-state index contributed by atoms with van der Waals surface area (Å²) in [6.07, 6.45) is -1.96. The van der Waals surface area contributed by atoms with Crippen molar-refractivity contribution in [3.8, 4) is 44.5 Å². The number of phosphoric acid groups is 1. The van der Waals surface area contributed by atoms with Gasteiger partial charge in [-0.2, -0.15) is 0 Å². The third kappa shape index (κ3) is 6.84. The summed E-state index contributed by atoms with van der Waals surface area (Å²) >= 11 is 0. The molecule has 2 heterocycles. The molecule has 2 atom stereocenters. The first-order valence-corrected chi connectivity index (χ1v) is 21.5. The number of benzene rings is 8. The molecular weight excluding hydrogens is 764 g/mol. The van der Waals surface area contributed by atoms with Gasteiger partial charge in [0.1, 0.15) is 19.0 Å². The minimum absolute atomic E-state index is 0.102. The van der Waals surface area contributed by atoms with E-state index in [9.17, 15) is 4.89 Å². The first-order chi connectivity index (χ1) is 29.4. The van der Waals surface area contributed by atoms with Gasteiger partial charge in [0.2, 0.25) is 0 Å². The van der Waals surface area contributed by atoms with E-state index in [-0.39, 0.29) is 6.79 Å². The lowest BCUT2D eigenvalue weighted by atomic mass is 9.71. The van der Waals surface area contributed by atoms with Gasteiger partial charge >= 0.3 is 7.82 Å². The predicted molar refractivity (Wildman–Crippen MR) is 236 cm³/mol. The van der Waals surface area contributed by atoms with Gasteiger partial charge in [0.15, 0.2) is 11.2 Å². The number of hydrogen-bond donors (Lipinski definition) is 1. The molecule has 7 heteroatoms. The molecule has 0 radical (unpaired) electrons. The fraction of sp³-hybridized carbons (Fsp3) is 0.0943. The van der Waals surface area contributed by atoms with Crippen LogP contribution in [0.15, 0.2) is 218 Å². The van der Waals surface area contributed by atoms with Crippen molar-refractivity contribution in [3.63, 3.8) is 0 Å². The monoisotopic (exact) mass is 804 g/mol. The highest BCUT2D eigenvalue weighted by Gasteiger charge is 2.66. The Bertz CT molecular complexity index is 2390. The van der Waals surface area contributed by atoms with Crippen molar-refractivity contribution < 1.29 is 28.0 Å². The molecule has 0 bridgehead atoms. The SMILES string of the molecule is O=P1(O)OC(c2ccc(-c3ccccc3)cc2)(c2ccc(-c3ccccc3)cc2)[C@H]2OCO[C@@H]2C(c2ccc(-c3ccccc3)cc2)(c2ccc(-c3ccccc3)cc2)O1. The van der Waals surface area contributed by atoms with Crippen LogP contribution in [-0.4, -0.2) is 23.9 Å². The molecule has 0 aliphatic carbocycles. The lowest BCUT2D eigenvalue weighted by Gasteiger charge is -2.41. The second-order valence-corrected chi connectivity index (χ2v) is 16.5. The highest BCUT2D eigenvalue weighted by molar-refractivity contribution is 7.47. The van der Waals surface area contributed by atoms with E-state index in [1.807, 2.05) is 170 Å². The van der Waals surface area contributed by atoms with Gasteiger partial charge in [0, 0.05) is 0 Å². The molecule has 0 amide bonds. The third-order valence-electron chi connectivity index (χ3n) is 11.8. The number of hydrogen-bond acceptors (Lipinski definition) is 5. The van der Waals surface area contributed by atoms with E-state index in [0.29, 0.717) is 22.3 Å². The van der Waals surface area contributed by atoms with E-state index in [0.717, 1.165) is 44.5 Å². The largest absolute Gasteiger partial charge is 0.474 e. The standard InChI is InChI=1S/C53H41O6P/c54-60(55)58-52(46-29-21-42(22-30-46)38-13-5-1-6-14-38,47-31-23-43(24-32-47)39-15-7-2-8-16-39)50-51(57-37-56-50)53(59-60,48-33-25-44(26-34-48)40-17-9-3-10-18-40)49-35-27-45(28-36-49)41-19-11-4-12-20-41/h1-36,50-51H,37H2,(H,54,55)/t50-,51-/m0/s1. The molecule has 60 heavy (non-hydrogen) atoms. The van der Waals surface area contributed by atoms with E-state index in [1.54, 1.807) is 0 Å². The maximum Gasteiger partial charge on any atom is 0.474 e. The number of ether oxygens (including phenoxy) is 2. The molecule has 2 aliphatic heterocycles. The lowest BCUT2D eigenvalue weighted by Crippen LogP contribution is -2.53. The van der Waals surface area contributed by atoms with E-state index in [1.165, 1.54) is 0 Å². The van der Waals surface area contributed by atoms with Crippen molar-refractivity contribution >= 4 is 7.82 Å². The fourth-order valence-electron chi connectivity index (χ4n) is 8.87. The highest BCUT2D eigenvalue weighted by atomic mass is 31.2. The first-order valence-electron chi connectivity index (χ1n) is 20.0. The van der Waals surface area contributed by atoms with Crippen molar-refractivity contribution in [1.82, 2.24) is 0 Å². The molecule has 0 aromatic heterocycles. The second-order valence-electron chi connectivity index (χ2n) is 15.2. The van der Waals surface area contributed by atoms with Crippen LogP contribution in [-0.2, 0) is 34.3 Å². The molecule has 10 rings (SSSR count). The van der Waals surface area contributed by atoms with Gasteiger partial charge in [-0.1, -0.05) is 218 Å². The zero-order valence-corrected chi connectivity index (χ0v) is 33.5. The Morgan fingerprint density at radius 3 is 0.800 bits per heavy atom. The Morgan fingerprint density at radius 2 is 0.567 bits per heavy atom. The normalized spacial score (nSPS) is 18.9. The Balaban J connectivity index is 1.18. The molecule has 1 N–H and O–H groups in total. The summed E-state index contributed by atoms with van der Waals surface area (Å²) in [6.45, 7) is -0.102. The second kappa shape index (κ2) is 15.8. The van der Waals surface area contributed by atoms with E-state index < -0.39 is 31.2 Å². The van der Waals surface area contributed by atoms with Crippen LogP contribution in [0.5, 0.6) is 0 Å². The number of fused-ring (bicyclic) bond motifs is 1. The molecular formula is C53H41O6P. The first kappa shape index (κ1) is 38.0. The van der Waals surface area contributed by atoms with Crippen molar-refractivity contribution in [3.05, 3.63) is 241 Å². The van der Waals surface area contributed by atoms with Gasteiger partial charge in [0.05, 0.1) is 0 Å². The Morgan fingerprint density at radius 1 is 0.350 bits per heavy atom. The molecule has 8 aromatic carbocycles. The van der Waals surface area contributed by atoms with Crippen LogP contribution < -0.4 is 0 Å². The molecule has 6 nitrogen and oxygen atoms in total. The summed E-state index contributed by atoms with van der Waals surface area (Å²) in [5.74, 6) is 0. The van der Waals surface area contributed by atoms with Crippen molar-refractivity contribution in [1.29, 1.82) is 0 Å². The van der Waals surface area contributed by atoms with E-state index >= 15 is 4.57 Å². The molecule has 2 fully saturated rings. The van der Waals surface area contributed by atoms with Crippen LogP contribution in [0.1, 0.15) is 22.3 Å². The molecule has 8 aromatic rings. The number of rotatable bonds is 8. The minimum Gasteiger partial charge on any atom is -0.346 e. The maximum atomic E-state index is 15.2. The average Bonchev–Trinajstić information content (AvgIpc) is 3.80. The zero-order chi connectivity index (χ0) is 40.6. The van der Waals surface area contributed by atoms with Crippen LogP contribution in [0.4, 0.5) is 0 Å². The highest BCUT2D eigenvalue weighted by Crippen LogP contribution is 2.65. The molecule has 0 saturated carbocycles. The molecule has 0 unspecified atom stereocenters. The van der Waals surface area contributed by atoms with Gasteiger partial charge in [-0.05, 0) is 66.8 Å². The molecule has 2 saturated heterocycles. The minimum atomic E-state index is -5.03. The van der Waals surface area contributed by atoms with Crippen LogP contribution in [0.25, 0.3) is 44.5 Å². The fourth-order valence-corrected chi connectivity index (χ4v) is 10.3. The van der Waals surface area contributed by atoms with Gasteiger partial charge in [-0.15, -0.1) is 0 Å². The van der Waals surface area contributed by atoms with Crippen LogP contribution >= 0.6 is 7.82 Å². The van der Waals surface area contributed by atoms with Crippen molar-refractivity contribution in [2.45, 2.75) is 23.4 Å². The molecule has 0 spiro atoms. The van der Waals surface area contributed by atoms with E-state index in [4.69, 9.17) is 18.5 Å². The third-order valence-corrected chi connectivity index (χ3v) is 12.8. The van der Waals surface area contributed by atoms with Gasteiger partial charge in [-0.25, -0.2) is 4.57 Å². The molecule has 2 aliphatic rings. The summed E-state index contributed by atoms with van der Waals surface area (Å²) < 4.78 is 42.0. The lowest BCUT2D eigenvalue weighted by molar-refractivity contribution is -0.0575. The van der Waals surface area contributed by atoms with Gasteiger partial charge < -0.3 is 14.4 Å². The average molecular weight is 805 g/mol. The maximum absolute atomic E-state index is 15.2. The quantitative estimate of drug-likeness (QED) is 0.154. The zero-order valence-electron chi connectivity index (χ0n) is 32.6. The Hall–Kier alpha value is -6.21. The van der Waals surface area contributed by atoms with Crippen molar-refractivity contribution in [2.24, 2.45) is 0 Å². The number of phosphoric ester groups is 1. The molecule has 294 valence electrons. The Kier molecular flexibility index (Phi) is 9.99. The summed E-state index contributed by atoms with van der Waals surface area (Å²) in [4.78, 5) is 12.4. The Labute approximate surface area is 349 Å². The van der Waals surface area contributed by atoms with Gasteiger partial charge in [0.25, 0.3) is 0 Å². The van der Waals surface area contributed by atoms with Crippen molar-refractivity contribution in [2.75, 3.05) is 6.79 Å². The van der Waals surface area contributed by atoms with Crippen LogP contribution in [0.2, 0.25) is 0 Å². The predicted octanol–water partition coefficient (Wildman–Crippen LogP) is 12.4. The van der Waals surface area contributed by atoms with Crippen LogP contribution in [0.3, 0.4) is 0 Å². The topological polar surface area (TPSA) is 74.2 Å². The summed E-state index contributed by atoms with van der Waals surface area (Å²) in [5, 5.41) is 0. The van der Waals surface area contributed by atoms with Gasteiger partial charge in [-0.3, -0.25) is 9.05 Å². The summed E-state index contributed by atoms with van der Waals surface area (Å²) in [6, 6.07) is 72.0. The smallest absolute Gasteiger partial charge is 0.346 e. The summed E-state index contributed by atoms with van der Waals surface area (Å²) in [7, 11) is -5.03.